The average molecular weight is 1180 g/mol. The van der Waals surface area contributed by atoms with Crippen LogP contribution in [0.25, 0.3) is 156 Å². The minimum absolute atomic E-state index is 0.528. The molecule has 0 unspecified atom stereocenters. The fraction of sp³-hybridized carbons (Fsp3) is 0.0465. The van der Waals surface area contributed by atoms with Crippen LogP contribution in [0.1, 0.15) is 27.8 Å². The summed E-state index contributed by atoms with van der Waals surface area (Å²) < 4.78 is 4.85. The minimum Gasteiger partial charge on any atom is -0.309 e. The van der Waals surface area contributed by atoms with Crippen molar-refractivity contribution in [3.8, 4) is 118 Å². The Morgan fingerprint density at radius 2 is 0.554 bits per heavy atom. The third-order valence-electron chi connectivity index (χ3n) is 18.1. The molecule has 0 aliphatic carbocycles. The quantitative estimate of drug-likeness (QED) is 0.129. The van der Waals surface area contributed by atoms with Crippen molar-refractivity contribution in [1.82, 2.24) is 24.1 Å². The maximum atomic E-state index is 10.3. The number of nitriles is 1. The molecule has 92 heavy (non-hydrogen) atoms. The molecule has 3 heterocycles. The second kappa shape index (κ2) is 22.8. The molecule has 0 atom stereocenters. The van der Waals surface area contributed by atoms with Crippen LogP contribution in [0.3, 0.4) is 0 Å². The number of hydrogen-bond donors (Lipinski definition) is 0. The monoisotopic (exact) mass is 1180 g/mol. The summed E-state index contributed by atoms with van der Waals surface area (Å²) in [7, 11) is 0. The van der Waals surface area contributed by atoms with Gasteiger partial charge in [0.25, 0.3) is 0 Å². The second-order valence-corrected chi connectivity index (χ2v) is 24.3. The van der Waals surface area contributed by atoms with Gasteiger partial charge in [0.1, 0.15) is 0 Å². The third kappa shape index (κ3) is 10.1. The smallest absolute Gasteiger partial charge is 0.166 e. The third-order valence-corrected chi connectivity index (χ3v) is 18.1. The molecule has 3 aromatic heterocycles. The molecule has 6 nitrogen and oxygen atoms in total. The summed E-state index contributed by atoms with van der Waals surface area (Å²) in [5, 5.41) is 14.8. The van der Waals surface area contributed by atoms with Crippen LogP contribution >= 0.6 is 0 Å². The summed E-state index contributed by atoms with van der Waals surface area (Å²) in [5.74, 6) is 1.67. The number of hydrogen-bond acceptors (Lipinski definition) is 4. The Labute approximate surface area is 535 Å². The first-order valence-electron chi connectivity index (χ1n) is 31.3. The van der Waals surface area contributed by atoms with Crippen molar-refractivity contribution >= 4 is 43.6 Å². The Hall–Kier alpha value is -12.0. The van der Waals surface area contributed by atoms with Crippen LogP contribution in [0.15, 0.2) is 291 Å². The van der Waals surface area contributed by atoms with Gasteiger partial charge in [0.05, 0.1) is 45.1 Å². The van der Waals surface area contributed by atoms with Gasteiger partial charge in [-0.25, -0.2) is 15.0 Å². The van der Waals surface area contributed by atoms with E-state index in [0.29, 0.717) is 23.0 Å². The molecule has 0 N–H and O–H groups in total. The highest BCUT2D eigenvalue weighted by atomic mass is 15.1. The standard InChI is InChI=1S/C86H60N6/c1-54-18-26-59(27-19-54)66-34-41-79-73(48-66)74-49-67(60-28-20-55(2)21-29-60)35-42-80(74)91(79)78-40-38-70(65-17-11-12-58(46-65)53-87)47-72(78)71-39-45-83(77(52-71)86-89-84(63-13-7-5-8-14-63)88-85(90-86)64-15-9-6-10-16-64)92-81-43-36-68(61-30-22-56(3)23-31-61)50-75(81)76-51-69(37-44-82(76)92)62-32-24-57(4)25-33-62/h5-52H,1-4H3. The molecule has 16 aromatic rings. The molecule has 0 aliphatic heterocycles. The summed E-state index contributed by atoms with van der Waals surface area (Å²) >= 11 is 0. The maximum Gasteiger partial charge on any atom is 0.166 e. The Morgan fingerprint density at radius 1 is 0.250 bits per heavy atom. The number of aromatic nitrogens is 5. The summed E-state index contributed by atoms with van der Waals surface area (Å²) in [6, 6.07) is 107. The van der Waals surface area contributed by atoms with Crippen molar-refractivity contribution in [3.05, 3.63) is 319 Å². The van der Waals surface area contributed by atoms with Gasteiger partial charge in [0.15, 0.2) is 17.5 Å². The van der Waals surface area contributed by atoms with Crippen LogP contribution < -0.4 is 0 Å². The topological polar surface area (TPSA) is 72.3 Å². The van der Waals surface area contributed by atoms with E-state index in [4.69, 9.17) is 15.0 Å². The van der Waals surface area contributed by atoms with E-state index >= 15 is 0 Å². The number of nitrogens with zero attached hydrogens (tertiary/aromatic N) is 6. The number of aryl methyl sites for hydroxylation is 4. The molecule has 0 bridgehead atoms. The van der Waals surface area contributed by atoms with E-state index in [2.05, 4.69) is 279 Å². The van der Waals surface area contributed by atoms with Crippen LogP contribution in [0.2, 0.25) is 0 Å². The fourth-order valence-electron chi connectivity index (χ4n) is 13.2. The zero-order chi connectivity index (χ0) is 62.0. The number of fused-ring (bicyclic) bond motifs is 6. The normalized spacial score (nSPS) is 11.5. The highest BCUT2D eigenvalue weighted by molar-refractivity contribution is 6.14. The van der Waals surface area contributed by atoms with Gasteiger partial charge in [-0.1, -0.05) is 229 Å². The maximum absolute atomic E-state index is 10.3. The zero-order valence-corrected chi connectivity index (χ0v) is 51.4. The van der Waals surface area contributed by atoms with Gasteiger partial charge in [-0.3, -0.25) is 0 Å². The zero-order valence-electron chi connectivity index (χ0n) is 51.4. The van der Waals surface area contributed by atoms with Crippen LogP contribution in [-0.2, 0) is 0 Å². The van der Waals surface area contributed by atoms with Gasteiger partial charge in [0.2, 0.25) is 0 Å². The molecular formula is C86H60N6. The average Bonchev–Trinajstić information content (AvgIpc) is 1.55. The second-order valence-electron chi connectivity index (χ2n) is 24.3. The molecule has 0 amide bonds. The van der Waals surface area contributed by atoms with Gasteiger partial charge in [-0.15, -0.1) is 0 Å². The summed E-state index contributed by atoms with van der Waals surface area (Å²) in [6.07, 6.45) is 0. The lowest BCUT2D eigenvalue weighted by Gasteiger charge is -2.19. The first-order valence-corrected chi connectivity index (χ1v) is 31.3. The summed E-state index contributed by atoms with van der Waals surface area (Å²) in [5.41, 5.74) is 27.3. The molecule has 6 heteroatoms. The SMILES string of the molecule is Cc1ccc(-c2ccc3c(c2)c2cc(-c4ccc(C)cc4)ccc2n3-c2ccc(-c3cccc(C#N)c3)cc2-c2ccc(-n3c4ccc(-c5ccc(C)cc5)cc4c4cc(-c5ccc(C)cc5)ccc43)c(-c3nc(-c4ccccc4)nc(-c4ccccc4)n3)c2)cc1. The van der Waals surface area contributed by atoms with Gasteiger partial charge < -0.3 is 9.13 Å². The highest BCUT2D eigenvalue weighted by Gasteiger charge is 2.25. The lowest BCUT2D eigenvalue weighted by atomic mass is 9.94. The largest absolute Gasteiger partial charge is 0.309 e. The van der Waals surface area contributed by atoms with Crippen molar-refractivity contribution in [3.63, 3.8) is 0 Å². The van der Waals surface area contributed by atoms with E-state index in [1.54, 1.807) is 0 Å². The summed E-state index contributed by atoms with van der Waals surface area (Å²) in [6.45, 7) is 8.54. The Bertz CT molecular complexity index is 5310. The minimum atomic E-state index is 0.528. The molecule has 434 valence electrons. The van der Waals surface area contributed by atoms with Crippen molar-refractivity contribution in [2.75, 3.05) is 0 Å². The molecule has 0 spiro atoms. The van der Waals surface area contributed by atoms with Gasteiger partial charge in [0, 0.05) is 43.8 Å². The molecule has 0 aliphatic rings. The van der Waals surface area contributed by atoms with Gasteiger partial charge >= 0.3 is 0 Å². The lowest BCUT2D eigenvalue weighted by molar-refractivity contribution is 1.06. The van der Waals surface area contributed by atoms with Crippen molar-refractivity contribution < 1.29 is 0 Å². The van der Waals surface area contributed by atoms with E-state index in [-0.39, 0.29) is 0 Å². The first kappa shape index (κ1) is 55.3. The molecule has 0 saturated heterocycles. The van der Waals surface area contributed by atoms with Crippen LogP contribution in [-0.4, -0.2) is 24.1 Å². The number of rotatable bonds is 11. The van der Waals surface area contributed by atoms with Crippen molar-refractivity contribution in [2.24, 2.45) is 0 Å². The van der Waals surface area contributed by atoms with E-state index < -0.39 is 0 Å². The molecule has 13 aromatic carbocycles. The summed E-state index contributed by atoms with van der Waals surface area (Å²) in [4.78, 5) is 16.3. The van der Waals surface area contributed by atoms with Gasteiger partial charge in [-0.2, -0.15) is 5.26 Å². The molecule has 16 rings (SSSR count). The van der Waals surface area contributed by atoms with Crippen molar-refractivity contribution in [1.29, 1.82) is 5.26 Å². The Balaban J connectivity index is 0.993. The fourth-order valence-corrected chi connectivity index (χ4v) is 13.2. The molecular weight excluding hydrogens is 1120 g/mol. The first-order chi connectivity index (χ1) is 45.1. The Morgan fingerprint density at radius 3 is 0.946 bits per heavy atom. The molecule has 0 radical (unpaired) electrons. The van der Waals surface area contributed by atoms with Crippen LogP contribution in [0.5, 0.6) is 0 Å². The predicted molar refractivity (Wildman–Crippen MR) is 381 cm³/mol. The predicted octanol–water partition coefficient (Wildman–Crippen LogP) is 22.2. The van der Waals surface area contributed by atoms with E-state index in [1.165, 1.54) is 22.3 Å². The Kier molecular flexibility index (Phi) is 13.7. The van der Waals surface area contributed by atoms with E-state index in [0.717, 1.165) is 138 Å². The van der Waals surface area contributed by atoms with Crippen LogP contribution in [0, 0.1) is 39.0 Å². The van der Waals surface area contributed by atoms with Crippen molar-refractivity contribution in [2.45, 2.75) is 27.7 Å². The molecule has 0 fully saturated rings. The number of benzene rings is 13. The lowest BCUT2D eigenvalue weighted by Crippen LogP contribution is -2.04. The molecule has 0 saturated carbocycles. The van der Waals surface area contributed by atoms with E-state index in [1.807, 2.05) is 54.6 Å². The van der Waals surface area contributed by atoms with Gasteiger partial charge in [-0.05, 0) is 174 Å². The highest BCUT2D eigenvalue weighted by Crippen LogP contribution is 2.45. The van der Waals surface area contributed by atoms with E-state index in [9.17, 15) is 5.26 Å². The van der Waals surface area contributed by atoms with Crippen LogP contribution in [0.4, 0.5) is 0 Å².